The molecule has 1 aromatic heterocycles. The van der Waals surface area contributed by atoms with E-state index in [1.807, 2.05) is 0 Å². The van der Waals surface area contributed by atoms with E-state index >= 15 is 0 Å². The maximum absolute atomic E-state index is 10.1. The molecule has 0 saturated heterocycles. The number of aliphatic carboxylic acids is 1. The van der Waals surface area contributed by atoms with Gasteiger partial charge in [-0.1, -0.05) is 11.3 Å². The summed E-state index contributed by atoms with van der Waals surface area (Å²) >= 11 is 4.30. The molecule has 0 amide bonds. The van der Waals surface area contributed by atoms with Crippen LogP contribution in [0.2, 0.25) is 0 Å². The Balaban J connectivity index is 2.67. The monoisotopic (exact) mass is 222 g/mol. The molecule has 1 rings (SSSR count). The number of halogens is 1. The Morgan fingerprint density at radius 2 is 2.40 bits per heavy atom. The molecule has 4 nitrogen and oxygen atoms in total. The molecule has 0 saturated carbocycles. The molecule has 0 radical (unpaired) electrons. The number of nitrogens with zero attached hydrogens (tertiary/aromatic N) is 2. The highest BCUT2D eigenvalue weighted by Crippen LogP contribution is 2.15. The van der Waals surface area contributed by atoms with Crippen molar-refractivity contribution in [2.45, 2.75) is 6.42 Å². The zero-order valence-corrected chi connectivity index (χ0v) is 7.15. The zero-order valence-electron chi connectivity index (χ0n) is 4.74. The third-order valence-electron chi connectivity index (χ3n) is 0.745. The molecular formula is C4H3BrN2O2S. The van der Waals surface area contributed by atoms with E-state index in [4.69, 9.17) is 5.11 Å². The number of hydrogen-bond acceptors (Lipinski definition) is 4. The lowest BCUT2D eigenvalue weighted by molar-refractivity contribution is -0.136. The SMILES string of the molecule is O=C(O)Cc1nnc(Br)s1. The topological polar surface area (TPSA) is 63.1 Å². The van der Waals surface area contributed by atoms with E-state index in [9.17, 15) is 4.79 Å². The smallest absolute Gasteiger partial charge is 0.310 e. The van der Waals surface area contributed by atoms with Crippen molar-refractivity contribution in [2.24, 2.45) is 0 Å². The molecule has 0 unspecified atom stereocenters. The van der Waals surface area contributed by atoms with Crippen LogP contribution in [-0.4, -0.2) is 21.3 Å². The molecule has 0 fully saturated rings. The number of hydrogen-bond donors (Lipinski definition) is 1. The highest BCUT2D eigenvalue weighted by molar-refractivity contribution is 9.11. The van der Waals surface area contributed by atoms with Crippen molar-refractivity contribution < 1.29 is 9.90 Å². The zero-order chi connectivity index (χ0) is 7.56. The van der Waals surface area contributed by atoms with Gasteiger partial charge in [0.1, 0.15) is 5.01 Å². The Bertz CT molecular complexity index is 249. The van der Waals surface area contributed by atoms with Gasteiger partial charge < -0.3 is 5.11 Å². The summed E-state index contributed by atoms with van der Waals surface area (Å²) in [4.78, 5) is 10.1. The minimum absolute atomic E-state index is 0.0523. The lowest BCUT2D eigenvalue weighted by Gasteiger charge is -1.82. The highest BCUT2D eigenvalue weighted by atomic mass is 79.9. The van der Waals surface area contributed by atoms with Crippen LogP contribution >= 0.6 is 27.3 Å². The number of aromatic nitrogens is 2. The quantitative estimate of drug-likeness (QED) is 0.809. The first-order valence-electron chi connectivity index (χ1n) is 2.38. The van der Waals surface area contributed by atoms with E-state index in [2.05, 4.69) is 26.1 Å². The lowest BCUT2D eigenvalue weighted by atomic mass is 10.5. The van der Waals surface area contributed by atoms with Gasteiger partial charge in [0.25, 0.3) is 0 Å². The van der Waals surface area contributed by atoms with E-state index < -0.39 is 5.97 Å². The van der Waals surface area contributed by atoms with Crippen LogP contribution in [0.15, 0.2) is 3.92 Å². The molecule has 1 N–H and O–H groups in total. The molecule has 0 aliphatic heterocycles. The summed E-state index contributed by atoms with van der Waals surface area (Å²) in [5, 5.41) is 16.0. The van der Waals surface area contributed by atoms with Gasteiger partial charge >= 0.3 is 5.97 Å². The molecule has 1 heterocycles. The average Bonchev–Trinajstić information content (AvgIpc) is 2.13. The lowest BCUT2D eigenvalue weighted by Crippen LogP contribution is -1.98. The van der Waals surface area contributed by atoms with Crippen LogP contribution in [0.3, 0.4) is 0 Å². The predicted octanol–water partition coefficient (Wildman–Crippen LogP) is 0.928. The van der Waals surface area contributed by atoms with Gasteiger partial charge in [0, 0.05) is 0 Å². The molecule has 1 aromatic rings. The second-order valence-corrected chi connectivity index (χ2v) is 3.86. The summed E-state index contributed by atoms with van der Waals surface area (Å²) in [6.07, 6.45) is -0.0523. The van der Waals surface area contributed by atoms with E-state index in [1.54, 1.807) is 0 Å². The first kappa shape index (κ1) is 7.62. The van der Waals surface area contributed by atoms with Crippen LogP contribution in [0.5, 0.6) is 0 Å². The molecule has 0 aliphatic carbocycles. The van der Waals surface area contributed by atoms with Crippen molar-refractivity contribution in [3.05, 3.63) is 8.92 Å². The van der Waals surface area contributed by atoms with Crippen LogP contribution in [0.25, 0.3) is 0 Å². The largest absolute Gasteiger partial charge is 0.481 e. The van der Waals surface area contributed by atoms with E-state index in [0.29, 0.717) is 8.92 Å². The van der Waals surface area contributed by atoms with Gasteiger partial charge in [-0.15, -0.1) is 10.2 Å². The van der Waals surface area contributed by atoms with Crippen molar-refractivity contribution in [3.8, 4) is 0 Å². The van der Waals surface area contributed by atoms with Crippen molar-refractivity contribution in [3.63, 3.8) is 0 Å². The molecule has 0 spiro atoms. The summed E-state index contributed by atoms with van der Waals surface area (Å²) in [5.74, 6) is -0.886. The van der Waals surface area contributed by atoms with Crippen LogP contribution in [-0.2, 0) is 11.2 Å². The van der Waals surface area contributed by atoms with E-state index in [1.165, 1.54) is 11.3 Å². The number of carboxylic acids is 1. The average molecular weight is 223 g/mol. The third-order valence-corrected chi connectivity index (χ3v) is 2.10. The summed E-state index contributed by atoms with van der Waals surface area (Å²) in [5.41, 5.74) is 0. The third kappa shape index (κ3) is 2.03. The minimum atomic E-state index is -0.886. The second kappa shape index (κ2) is 3.07. The summed E-state index contributed by atoms with van der Waals surface area (Å²) < 4.78 is 0.615. The van der Waals surface area contributed by atoms with Gasteiger partial charge in [0.2, 0.25) is 0 Å². The fraction of sp³-hybridized carbons (Fsp3) is 0.250. The Hall–Kier alpha value is -0.490. The molecule has 0 bridgehead atoms. The first-order chi connectivity index (χ1) is 4.68. The Morgan fingerprint density at radius 1 is 1.70 bits per heavy atom. The molecule has 0 atom stereocenters. The predicted molar refractivity (Wildman–Crippen MR) is 38.9 cm³/mol. The first-order valence-corrected chi connectivity index (χ1v) is 3.99. The Kier molecular flexibility index (Phi) is 2.34. The fourth-order valence-corrected chi connectivity index (χ4v) is 1.63. The highest BCUT2D eigenvalue weighted by Gasteiger charge is 2.05. The van der Waals surface area contributed by atoms with Gasteiger partial charge in [-0.25, -0.2) is 0 Å². The van der Waals surface area contributed by atoms with E-state index in [-0.39, 0.29) is 6.42 Å². The van der Waals surface area contributed by atoms with Crippen LogP contribution in [0, 0.1) is 0 Å². The fourth-order valence-electron chi connectivity index (χ4n) is 0.434. The Labute approximate surface area is 69.0 Å². The standard InChI is InChI=1S/C4H3BrN2O2S/c5-4-7-6-2(10-4)1-3(8)9/h1H2,(H,8,9). The second-order valence-electron chi connectivity index (χ2n) is 1.52. The van der Waals surface area contributed by atoms with Crippen molar-refractivity contribution in [1.82, 2.24) is 10.2 Å². The Morgan fingerprint density at radius 3 is 2.80 bits per heavy atom. The van der Waals surface area contributed by atoms with E-state index in [0.717, 1.165) is 0 Å². The van der Waals surface area contributed by atoms with Crippen LogP contribution < -0.4 is 0 Å². The van der Waals surface area contributed by atoms with Crippen LogP contribution in [0.1, 0.15) is 5.01 Å². The number of carboxylic acid groups (broad SMARTS) is 1. The normalized spacial score (nSPS) is 9.70. The van der Waals surface area contributed by atoms with Gasteiger partial charge in [-0.05, 0) is 15.9 Å². The summed E-state index contributed by atoms with van der Waals surface area (Å²) in [6.45, 7) is 0. The molecule has 0 aromatic carbocycles. The van der Waals surface area contributed by atoms with Gasteiger partial charge in [-0.2, -0.15) is 0 Å². The molecule has 0 aliphatic rings. The molecule has 6 heteroatoms. The van der Waals surface area contributed by atoms with Gasteiger partial charge in [0.15, 0.2) is 3.92 Å². The van der Waals surface area contributed by atoms with Crippen molar-refractivity contribution in [2.75, 3.05) is 0 Å². The number of rotatable bonds is 2. The van der Waals surface area contributed by atoms with Crippen LogP contribution in [0.4, 0.5) is 0 Å². The number of carbonyl (C=O) groups is 1. The molecule has 54 valence electrons. The molecule has 10 heavy (non-hydrogen) atoms. The van der Waals surface area contributed by atoms with Crippen molar-refractivity contribution in [1.29, 1.82) is 0 Å². The van der Waals surface area contributed by atoms with Gasteiger partial charge in [0.05, 0.1) is 6.42 Å². The summed E-state index contributed by atoms with van der Waals surface area (Å²) in [6, 6.07) is 0. The maximum atomic E-state index is 10.1. The van der Waals surface area contributed by atoms with Gasteiger partial charge in [-0.3, -0.25) is 4.79 Å². The maximum Gasteiger partial charge on any atom is 0.310 e. The molecular weight excluding hydrogens is 220 g/mol. The minimum Gasteiger partial charge on any atom is -0.481 e. The van der Waals surface area contributed by atoms with Crippen molar-refractivity contribution >= 4 is 33.2 Å². The summed E-state index contributed by atoms with van der Waals surface area (Å²) in [7, 11) is 0.